The highest BCUT2D eigenvalue weighted by atomic mass is 32.2. The van der Waals surface area contributed by atoms with Gasteiger partial charge in [-0.15, -0.1) is 0 Å². The van der Waals surface area contributed by atoms with E-state index in [0.717, 1.165) is 36.7 Å². The summed E-state index contributed by atoms with van der Waals surface area (Å²) in [5, 5.41) is 10.8. The van der Waals surface area contributed by atoms with Crippen LogP contribution in [0, 0.1) is 11.8 Å². The molecule has 1 saturated heterocycles. The Hall–Kier alpha value is 0.270. The van der Waals surface area contributed by atoms with Crippen molar-refractivity contribution in [3.63, 3.8) is 0 Å². The molecular formula is C12H21NOS. The van der Waals surface area contributed by atoms with Crippen molar-refractivity contribution in [2.24, 2.45) is 17.6 Å². The van der Waals surface area contributed by atoms with Gasteiger partial charge in [0.25, 0.3) is 0 Å². The molecule has 0 aromatic carbocycles. The maximum absolute atomic E-state index is 10.8. The summed E-state index contributed by atoms with van der Waals surface area (Å²) in [6.07, 6.45) is 6.81. The summed E-state index contributed by atoms with van der Waals surface area (Å²) in [5.74, 6) is 3.61. The molecule has 3 aliphatic rings. The fraction of sp³-hybridized carbons (Fsp3) is 1.00. The van der Waals surface area contributed by atoms with Crippen LogP contribution in [0.25, 0.3) is 0 Å². The highest BCUT2D eigenvalue weighted by molar-refractivity contribution is 7.99. The zero-order chi connectivity index (χ0) is 10.5. The average molecular weight is 227 g/mol. The van der Waals surface area contributed by atoms with Crippen molar-refractivity contribution in [2.75, 3.05) is 11.5 Å². The van der Waals surface area contributed by atoms with E-state index in [9.17, 15) is 5.11 Å². The lowest BCUT2D eigenvalue weighted by Crippen LogP contribution is -2.64. The van der Waals surface area contributed by atoms with Gasteiger partial charge < -0.3 is 10.8 Å². The molecule has 3 rings (SSSR count). The number of fused-ring (bicyclic) bond motifs is 2. The zero-order valence-corrected chi connectivity index (χ0v) is 10.1. The van der Waals surface area contributed by atoms with E-state index < -0.39 is 5.60 Å². The maximum atomic E-state index is 10.8. The molecule has 2 aliphatic carbocycles. The van der Waals surface area contributed by atoms with E-state index >= 15 is 0 Å². The van der Waals surface area contributed by atoms with E-state index in [-0.39, 0.29) is 5.54 Å². The summed E-state index contributed by atoms with van der Waals surface area (Å²) in [4.78, 5) is 0. The van der Waals surface area contributed by atoms with Gasteiger partial charge >= 0.3 is 0 Å². The predicted octanol–water partition coefficient (Wildman–Crippen LogP) is 1.76. The third-order valence-corrected chi connectivity index (χ3v) is 6.07. The summed E-state index contributed by atoms with van der Waals surface area (Å²) in [6.45, 7) is 0. The second kappa shape index (κ2) is 3.38. The lowest BCUT2D eigenvalue weighted by molar-refractivity contribution is -0.0659. The highest BCUT2D eigenvalue weighted by Gasteiger charge is 2.59. The minimum atomic E-state index is -0.544. The van der Waals surface area contributed by atoms with Crippen molar-refractivity contribution in [3.05, 3.63) is 0 Å². The van der Waals surface area contributed by atoms with Crippen LogP contribution in [-0.4, -0.2) is 27.8 Å². The topological polar surface area (TPSA) is 46.2 Å². The lowest BCUT2D eigenvalue weighted by atomic mass is 9.67. The minimum Gasteiger partial charge on any atom is -0.388 e. The molecule has 3 N–H and O–H groups in total. The molecule has 86 valence electrons. The van der Waals surface area contributed by atoms with Gasteiger partial charge in [0.1, 0.15) is 0 Å². The molecule has 0 aromatic heterocycles. The Kier molecular flexibility index (Phi) is 2.35. The molecule has 3 unspecified atom stereocenters. The molecule has 15 heavy (non-hydrogen) atoms. The predicted molar refractivity (Wildman–Crippen MR) is 63.9 cm³/mol. The Balaban J connectivity index is 1.85. The average Bonchev–Trinajstić information content (AvgIpc) is 2.79. The molecule has 3 atom stereocenters. The summed E-state index contributed by atoms with van der Waals surface area (Å²) in [6, 6.07) is 0. The van der Waals surface area contributed by atoms with Gasteiger partial charge in [-0.25, -0.2) is 0 Å². The molecule has 2 saturated carbocycles. The number of hydrogen-bond donors (Lipinski definition) is 2. The van der Waals surface area contributed by atoms with Crippen molar-refractivity contribution in [1.82, 2.24) is 0 Å². The fourth-order valence-corrected chi connectivity index (χ4v) is 5.29. The van der Waals surface area contributed by atoms with Crippen LogP contribution in [0.3, 0.4) is 0 Å². The summed E-state index contributed by atoms with van der Waals surface area (Å²) >= 11 is 1.96. The largest absolute Gasteiger partial charge is 0.388 e. The van der Waals surface area contributed by atoms with Gasteiger partial charge in [0.05, 0.1) is 5.60 Å². The van der Waals surface area contributed by atoms with Gasteiger partial charge in [-0.3, -0.25) is 0 Å². The van der Waals surface area contributed by atoms with E-state index in [2.05, 4.69) is 0 Å². The van der Waals surface area contributed by atoms with Gasteiger partial charge in [-0.1, -0.05) is 6.42 Å². The number of aliphatic hydroxyl groups is 1. The summed E-state index contributed by atoms with van der Waals surface area (Å²) in [7, 11) is 0. The molecule has 1 aliphatic heterocycles. The maximum Gasteiger partial charge on any atom is 0.0844 e. The van der Waals surface area contributed by atoms with Crippen LogP contribution in [0.1, 0.15) is 38.5 Å². The first-order chi connectivity index (χ1) is 7.14. The molecule has 2 bridgehead atoms. The first-order valence-corrected chi connectivity index (χ1v) is 7.38. The Morgan fingerprint density at radius 2 is 1.93 bits per heavy atom. The van der Waals surface area contributed by atoms with Gasteiger partial charge in [0.15, 0.2) is 0 Å². The SMILES string of the molecule is NC1(C2(O)CCSCC2)CC2CCC1C2. The molecule has 0 radical (unpaired) electrons. The zero-order valence-electron chi connectivity index (χ0n) is 9.24. The van der Waals surface area contributed by atoms with Crippen LogP contribution >= 0.6 is 11.8 Å². The van der Waals surface area contributed by atoms with Crippen molar-refractivity contribution >= 4 is 11.8 Å². The van der Waals surface area contributed by atoms with Crippen molar-refractivity contribution in [1.29, 1.82) is 0 Å². The number of hydrogen-bond acceptors (Lipinski definition) is 3. The van der Waals surface area contributed by atoms with Crippen LogP contribution in [0.5, 0.6) is 0 Å². The van der Waals surface area contributed by atoms with Gasteiger partial charge in [-0.2, -0.15) is 11.8 Å². The lowest BCUT2D eigenvalue weighted by Gasteiger charge is -2.49. The molecule has 0 aromatic rings. The first-order valence-electron chi connectivity index (χ1n) is 6.23. The van der Waals surface area contributed by atoms with E-state index in [1.54, 1.807) is 0 Å². The van der Waals surface area contributed by atoms with E-state index in [0.29, 0.717) is 5.92 Å². The smallest absolute Gasteiger partial charge is 0.0844 e. The van der Waals surface area contributed by atoms with E-state index in [1.807, 2.05) is 11.8 Å². The highest BCUT2D eigenvalue weighted by Crippen LogP contribution is 2.55. The molecule has 0 spiro atoms. The quantitative estimate of drug-likeness (QED) is 0.717. The van der Waals surface area contributed by atoms with Crippen LogP contribution in [0.15, 0.2) is 0 Å². The second-order valence-electron chi connectivity index (χ2n) is 5.76. The monoisotopic (exact) mass is 227 g/mol. The third-order valence-electron chi connectivity index (χ3n) is 5.08. The molecule has 1 heterocycles. The second-order valence-corrected chi connectivity index (χ2v) is 6.99. The molecule has 3 fully saturated rings. The van der Waals surface area contributed by atoms with Gasteiger partial charge in [0.2, 0.25) is 0 Å². The van der Waals surface area contributed by atoms with Crippen LogP contribution in [-0.2, 0) is 0 Å². The normalized spacial score (nSPS) is 48.4. The van der Waals surface area contributed by atoms with Gasteiger partial charge in [0, 0.05) is 5.54 Å². The van der Waals surface area contributed by atoms with Crippen LogP contribution in [0.4, 0.5) is 0 Å². The Morgan fingerprint density at radius 3 is 2.47 bits per heavy atom. The van der Waals surface area contributed by atoms with Crippen LogP contribution < -0.4 is 5.73 Å². The Bertz CT molecular complexity index is 264. The fourth-order valence-electron chi connectivity index (χ4n) is 4.12. The molecule has 3 heteroatoms. The Morgan fingerprint density at radius 1 is 1.20 bits per heavy atom. The first kappa shape index (κ1) is 10.4. The van der Waals surface area contributed by atoms with Gasteiger partial charge in [-0.05, 0) is 55.4 Å². The van der Waals surface area contributed by atoms with Crippen LogP contribution in [0.2, 0.25) is 0 Å². The summed E-state index contributed by atoms with van der Waals surface area (Å²) in [5.41, 5.74) is 5.81. The van der Waals surface area contributed by atoms with Crippen molar-refractivity contribution in [2.45, 2.75) is 49.7 Å². The van der Waals surface area contributed by atoms with E-state index in [1.165, 1.54) is 19.3 Å². The number of nitrogens with two attached hydrogens (primary N) is 1. The summed E-state index contributed by atoms with van der Waals surface area (Å²) < 4.78 is 0. The van der Waals surface area contributed by atoms with Crippen molar-refractivity contribution in [3.8, 4) is 0 Å². The standard InChI is InChI=1S/C12H21NOS/c13-12(8-9-1-2-10(12)7-9)11(14)3-5-15-6-4-11/h9-10,14H,1-8,13H2. The minimum absolute atomic E-state index is 0.239. The third kappa shape index (κ3) is 1.39. The molecule has 2 nitrogen and oxygen atoms in total. The number of thioether (sulfide) groups is 1. The van der Waals surface area contributed by atoms with Crippen molar-refractivity contribution < 1.29 is 5.11 Å². The molecule has 0 amide bonds. The molecular weight excluding hydrogens is 206 g/mol. The number of rotatable bonds is 1. The van der Waals surface area contributed by atoms with E-state index in [4.69, 9.17) is 5.73 Å². The Labute approximate surface area is 96.0 Å².